The maximum Gasteiger partial charge on any atom is 0.283 e. The third-order valence-electron chi connectivity index (χ3n) is 2.93. The fourth-order valence-corrected chi connectivity index (χ4v) is 2.97. The van der Waals surface area contributed by atoms with Crippen LogP contribution in [0.4, 0.5) is 11.4 Å². The van der Waals surface area contributed by atoms with Gasteiger partial charge in [0.05, 0.1) is 15.6 Å². The molecule has 0 heterocycles. The molecule has 0 saturated heterocycles. The molecular weight excluding hydrogens is 445 g/mol. The summed E-state index contributed by atoms with van der Waals surface area (Å²) in [5.74, 6) is -1.02. The highest BCUT2D eigenvalue weighted by Gasteiger charge is 2.18. The van der Waals surface area contributed by atoms with Gasteiger partial charge in [0.2, 0.25) is 11.8 Å². The number of thioether (sulfide) groups is 1. The topological polar surface area (TPSA) is 115 Å². The molecule has 124 valence electrons. The summed E-state index contributed by atoms with van der Waals surface area (Å²) in [6.07, 6.45) is 0. The third kappa shape index (κ3) is 4.93. The highest BCUT2D eigenvalue weighted by molar-refractivity contribution is 14.1. The van der Waals surface area contributed by atoms with Crippen LogP contribution in [0, 0.1) is 13.7 Å². The van der Waals surface area contributed by atoms with Gasteiger partial charge < -0.3 is 11.1 Å². The van der Waals surface area contributed by atoms with Crippen LogP contribution in [0.5, 0.6) is 0 Å². The summed E-state index contributed by atoms with van der Waals surface area (Å²) in [5.41, 5.74) is 5.57. The molecule has 0 aliphatic rings. The van der Waals surface area contributed by atoms with E-state index in [9.17, 15) is 19.7 Å². The highest BCUT2D eigenvalue weighted by Crippen LogP contribution is 2.30. The van der Waals surface area contributed by atoms with Gasteiger partial charge in [0.1, 0.15) is 0 Å². The van der Waals surface area contributed by atoms with Crippen molar-refractivity contribution in [2.45, 2.75) is 4.90 Å². The number of nitrogens with zero attached hydrogens (tertiary/aromatic N) is 1. The summed E-state index contributed by atoms with van der Waals surface area (Å²) >= 11 is 3.18. The quantitative estimate of drug-likeness (QED) is 0.300. The van der Waals surface area contributed by atoms with E-state index >= 15 is 0 Å². The molecule has 3 N–H and O–H groups in total. The first-order chi connectivity index (χ1) is 11.4. The van der Waals surface area contributed by atoms with Crippen molar-refractivity contribution in [3.8, 4) is 0 Å². The van der Waals surface area contributed by atoms with E-state index < -0.39 is 10.8 Å². The number of nitro groups is 1. The highest BCUT2D eigenvalue weighted by atomic mass is 127. The molecular formula is C15H12IN3O4S. The number of hydrogen-bond acceptors (Lipinski definition) is 5. The van der Waals surface area contributed by atoms with Crippen LogP contribution in [0.15, 0.2) is 47.4 Å². The first-order valence-corrected chi connectivity index (χ1v) is 8.69. The normalized spacial score (nSPS) is 10.2. The number of hydrogen-bond donors (Lipinski definition) is 2. The Kier molecular flexibility index (Phi) is 6.15. The van der Waals surface area contributed by atoms with Crippen molar-refractivity contribution in [3.05, 3.63) is 61.7 Å². The smallest absolute Gasteiger partial charge is 0.283 e. The maximum atomic E-state index is 11.9. The Balaban J connectivity index is 2.05. The molecule has 0 saturated carbocycles. The van der Waals surface area contributed by atoms with Gasteiger partial charge in [-0.15, -0.1) is 11.8 Å². The van der Waals surface area contributed by atoms with Gasteiger partial charge >= 0.3 is 0 Å². The molecule has 0 aromatic heterocycles. The molecule has 9 heteroatoms. The van der Waals surface area contributed by atoms with Crippen LogP contribution in [-0.2, 0) is 4.79 Å². The lowest BCUT2D eigenvalue weighted by Gasteiger charge is -2.06. The van der Waals surface area contributed by atoms with E-state index in [1.54, 1.807) is 12.1 Å². The second-order valence-corrected chi connectivity index (χ2v) is 6.91. The predicted octanol–water partition coefficient (Wildman–Crippen LogP) is 3.03. The maximum absolute atomic E-state index is 11.9. The van der Waals surface area contributed by atoms with Crippen molar-refractivity contribution in [2.24, 2.45) is 5.73 Å². The molecule has 2 rings (SSSR count). The van der Waals surface area contributed by atoms with Crippen molar-refractivity contribution < 1.29 is 14.5 Å². The second-order valence-electron chi connectivity index (χ2n) is 4.65. The van der Waals surface area contributed by atoms with Gasteiger partial charge in [0.25, 0.3) is 5.69 Å². The average Bonchev–Trinajstić information content (AvgIpc) is 2.54. The van der Waals surface area contributed by atoms with Gasteiger partial charge in [-0.3, -0.25) is 19.7 Å². The monoisotopic (exact) mass is 457 g/mol. The van der Waals surface area contributed by atoms with Gasteiger partial charge in [0, 0.05) is 20.9 Å². The van der Waals surface area contributed by atoms with Crippen LogP contribution in [-0.4, -0.2) is 22.5 Å². The largest absolute Gasteiger partial charge is 0.366 e. The fourth-order valence-electron chi connectivity index (χ4n) is 1.81. The van der Waals surface area contributed by atoms with E-state index in [-0.39, 0.29) is 22.9 Å². The summed E-state index contributed by atoms with van der Waals surface area (Å²) in [7, 11) is 0. The summed E-state index contributed by atoms with van der Waals surface area (Å²) in [4.78, 5) is 33.8. The Bertz CT molecular complexity index is 796. The number of primary amides is 1. The Labute approximate surface area is 155 Å². The van der Waals surface area contributed by atoms with Crippen molar-refractivity contribution in [3.63, 3.8) is 0 Å². The van der Waals surface area contributed by atoms with E-state index in [1.807, 2.05) is 12.1 Å². The lowest BCUT2D eigenvalue weighted by Crippen LogP contribution is -2.14. The third-order valence-corrected chi connectivity index (χ3v) is 4.71. The lowest BCUT2D eigenvalue weighted by molar-refractivity contribution is -0.387. The number of rotatable bonds is 6. The number of carbonyl (C=O) groups is 2. The molecule has 0 bridgehead atoms. The van der Waals surface area contributed by atoms with Crippen LogP contribution >= 0.6 is 34.4 Å². The first-order valence-electron chi connectivity index (χ1n) is 6.63. The summed E-state index contributed by atoms with van der Waals surface area (Å²) in [6.45, 7) is 0. The molecule has 2 aromatic carbocycles. The Morgan fingerprint density at radius 1 is 1.21 bits per heavy atom. The van der Waals surface area contributed by atoms with E-state index in [0.29, 0.717) is 10.6 Å². The first kappa shape index (κ1) is 18.2. The van der Waals surface area contributed by atoms with Crippen LogP contribution in [0.3, 0.4) is 0 Å². The molecule has 24 heavy (non-hydrogen) atoms. The minimum Gasteiger partial charge on any atom is -0.366 e. The number of nitro benzene ring substituents is 1. The standard InChI is InChI=1S/C15H12IN3O4S/c16-10-2-4-11(5-3-10)18-14(20)8-24-13-6-1-9(15(17)21)7-12(13)19(22)23/h1-7H,8H2,(H2,17,21)(H,18,20). The van der Waals surface area contributed by atoms with Crippen LogP contribution in [0.1, 0.15) is 10.4 Å². The molecule has 0 aliphatic heterocycles. The number of halogens is 1. The van der Waals surface area contributed by atoms with Gasteiger partial charge in [-0.2, -0.15) is 0 Å². The number of nitrogens with two attached hydrogens (primary N) is 1. The second kappa shape index (κ2) is 8.11. The molecule has 0 atom stereocenters. The van der Waals surface area contributed by atoms with Gasteiger partial charge in [0.15, 0.2) is 0 Å². The van der Waals surface area contributed by atoms with Gasteiger partial charge in [-0.1, -0.05) is 0 Å². The van der Waals surface area contributed by atoms with Gasteiger partial charge in [-0.25, -0.2) is 0 Å². The summed E-state index contributed by atoms with van der Waals surface area (Å²) in [6, 6.07) is 11.2. The molecule has 0 fully saturated rings. The minimum atomic E-state index is -0.744. The Morgan fingerprint density at radius 2 is 1.88 bits per heavy atom. The SMILES string of the molecule is NC(=O)c1ccc(SCC(=O)Nc2ccc(I)cc2)c([N+](=O)[O-])c1. The zero-order valence-electron chi connectivity index (χ0n) is 12.2. The van der Waals surface area contributed by atoms with E-state index in [4.69, 9.17) is 5.73 Å². The lowest BCUT2D eigenvalue weighted by atomic mass is 10.2. The molecule has 0 radical (unpaired) electrons. The number of carbonyl (C=O) groups excluding carboxylic acids is 2. The van der Waals surface area contributed by atoms with E-state index in [0.717, 1.165) is 21.4 Å². The molecule has 0 unspecified atom stereocenters. The average molecular weight is 457 g/mol. The van der Waals surface area contributed by atoms with Crippen LogP contribution in [0.25, 0.3) is 0 Å². The number of benzene rings is 2. The summed E-state index contributed by atoms with van der Waals surface area (Å²) in [5, 5.41) is 13.8. The fraction of sp³-hybridized carbons (Fsp3) is 0.0667. The minimum absolute atomic E-state index is 0.00272. The van der Waals surface area contributed by atoms with Crippen LogP contribution in [0.2, 0.25) is 0 Å². The van der Waals surface area contributed by atoms with Crippen LogP contribution < -0.4 is 11.1 Å². The number of anilines is 1. The zero-order valence-corrected chi connectivity index (χ0v) is 15.2. The van der Waals surface area contributed by atoms with Gasteiger partial charge in [-0.05, 0) is 59.0 Å². The Hall–Kier alpha value is -2.14. The molecule has 0 spiro atoms. The molecule has 2 amide bonds. The summed E-state index contributed by atoms with van der Waals surface area (Å²) < 4.78 is 1.05. The molecule has 7 nitrogen and oxygen atoms in total. The predicted molar refractivity (Wildman–Crippen MR) is 100 cm³/mol. The van der Waals surface area contributed by atoms with Crippen molar-refractivity contribution in [1.29, 1.82) is 0 Å². The van der Waals surface area contributed by atoms with Crippen molar-refractivity contribution >= 4 is 57.5 Å². The zero-order chi connectivity index (χ0) is 17.7. The molecule has 0 aliphatic carbocycles. The van der Waals surface area contributed by atoms with Crippen molar-refractivity contribution in [2.75, 3.05) is 11.1 Å². The van der Waals surface area contributed by atoms with E-state index in [2.05, 4.69) is 27.9 Å². The molecule has 2 aromatic rings. The number of nitrogens with one attached hydrogen (secondary N) is 1. The van der Waals surface area contributed by atoms with Crippen molar-refractivity contribution in [1.82, 2.24) is 0 Å². The van der Waals surface area contributed by atoms with E-state index in [1.165, 1.54) is 12.1 Å². The Morgan fingerprint density at radius 3 is 2.46 bits per heavy atom. The number of amides is 2.